The number of nitrogens with zero attached hydrogens (tertiary/aromatic N) is 2. The lowest BCUT2D eigenvalue weighted by atomic mass is 9.92. The fraction of sp³-hybridized carbons (Fsp3) is 0.312. The molecule has 2 heterocycles. The summed E-state index contributed by atoms with van der Waals surface area (Å²) in [5, 5.41) is 0. The highest BCUT2D eigenvalue weighted by Gasteiger charge is 2.47. The SMILES string of the molecule is FC(F)(F)C1c2ccccc2CCN1Cc1ccccn1. The van der Waals surface area contributed by atoms with Crippen molar-refractivity contribution in [1.82, 2.24) is 9.88 Å². The standard InChI is InChI=1S/C16H15F3N2/c17-16(18,19)15-14-7-2-1-5-12(14)8-10-21(15)11-13-6-3-4-9-20-13/h1-7,9,15H,8,10-11H2. The van der Waals surface area contributed by atoms with E-state index in [4.69, 9.17) is 0 Å². The first-order valence-corrected chi connectivity index (χ1v) is 6.84. The summed E-state index contributed by atoms with van der Waals surface area (Å²) in [7, 11) is 0. The largest absolute Gasteiger partial charge is 0.408 e. The first kappa shape index (κ1) is 14.1. The minimum Gasteiger partial charge on any atom is -0.282 e. The van der Waals surface area contributed by atoms with Gasteiger partial charge in [-0.15, -0.1) is 0 Å². The number of pyridine rings is 1. The van der Waals surface area contributed by atoms with Gasteiger partial charge in [-0.1, -0.05) is 30.3 Å². The molecule has 1 aliphatic rings. The highest BCUT2D eigenvalue weighted by molar-refractivity contribution is 5.33. The van der Waals surface area contributed by atoms with E-state index in [1.807, 2.05) is 0 Å². The second-order valence-electron chi connectivity index (χ2n) is 5.18. The zero-order valence-electron chi connectivity index (χ0n) is 11.3. The van der Waals surface area contributed by atoms with Gasteiger partial charge in [0.25, 0.3) is 0 Å². The Morgan fingerprint density at radius 1 is 1.10 bits per heavy atom. The van der Waals surface area contributed by atoms with Crippen LogP contribution in [0.25, 0.3) is 0 Å². The van der Waals surface area contributed by atoms with E-state index in [-0.39, 0.29) is 6.54 Å². The van der Waals surface area contributed by atoms with Gasteiger partial charge in [0.2, 0.25) is 0 Å². The number of benzene rings is 1. The highest BCUT2D eigenvalue weighted by Crippen LogP contribution is 2.42. The lowest BCUT2D eigenvalue weighted by molar-refractivity contribution is -0.190. The second-order valence-corrected chi connectivity index (χ2v) is 5.18. The molecule has 2 aromatic rings. The third kappa shape index (κ3) is 2.93. The van der Waals surface area contributed by atoms with Crippen LogP contribution in [-0.4, -0.2) is 22.6 Å². The van der Waals surface area contributed by atoms with Crippen molar-refractivity contribution in [3.05, 3.63) is 65.5 Å². The van der Waals surface area contributed by atoms with Gasteiger partial charge in [-0.05, 0) is 29.7 Å². The van der Waals surface area contributed by atoms with Crippen molar-refractivity contribution in [2.75, 3.05) is 6.54 Å². The molecule has 0 saturated carbocycles. The van der Waals surface area contributed by atoms with E-state index in [0.29, 0.717) is 24.2 Å². The predicted molar refractivity (Wildman–Crippen MR) is 73.6 cm³/mol. The maximum Gasteiger partial charge on any atom is 0.408 e. The van der Waals surface area contributed by atoms with Crippen LogP contribution in [0.3, 0.4) is 0 Å². The Kier molecular flexibility index (Phi) is 3.68. The van der Waals surface area contributed by atoms with Crippen LogP contribution in [0, 0.1) is 0 Å². The van der Waals surface area contributed by atoms with Crippen LogP contribution in [0.1, 0.15) is 22.9 Å². The van der Waals surface area contributed by atoms with E-state index in [0.717, 1.165) is 5.56 Å². The van der Waals surface area contributed by atoms with E-state index in [1.165, 1.54) is 4.90 Å². The van der Waals surface area contributed by atoms with Gasteiger partial charge in [-0.3, -0.25) is 9.88 Å². The molecule has 110 valence electrons. The Labute approximate surface area is 121 Å². The molecule has 2 nitrogen and oxygen atoms in total. The Balaban J connectivity index is 1.94. The molecule has 1 aromatic carbocycles. The first-order valence-electron chi connectivity index (χ1n) is 6.84. The molecule has 0 N–H and O–H groups in total. The molecule has 0 saturated heterocycles. The highest BCUT2D eigenvalue weighted by atomic mass is 19.4. The number of hydrogen-bond donors (Lipinski definition) is 0. The zero-order chi connectivity index (χ0) is 14.9. The van der Waals surface area contributed by atoms with Gasteiger partial charge in [0.15, 0.2) is 0 Å². The van der Waals surface area contributed by atoms with Crippen molar-refractivity contribution in [1.29, 1.82) is 0 Å². The Bertz CT molecular complexity index is 610. The lowest BCUT2D eigenvalue weighted by Crippen LogP contribution is -2.42. The third-order valence-corrected chi connectivity index (χ3v) is 3.78. The smallest absolute Gasteiger partial charge is 0.282 e. The molecule has 1 atom stereocenters. The van der Waals surface area contributed by atoms with Gasteiger partial charge >= 0.3 is 6.18 Å². The molecule has 1 aromatic heterocycles. The minimum absolute atomic E-state index is 0.208. The van der Waals surface area contributed by atoms with Crippen molar-refractivity contribution in [2.45, 2.75) is 25.2 Å². The number of aromatic nitrogens is 1. The molecule has 0 amide bonds. The van der Waals surface area contributed by atoms with Crippen LogP contribution in [0.5, 0.6) is 0 Å². The normalized spacial score (nSPS) is 19.3. The molecule has 1 unspecified atom stereocenters. The van der Waals surface area contributed by atoms with Crippen molar-refractivity contribution >= 4 is 0 Å². The van der Waals surface area contributed by atoms with Crippen molar-refractivity contribution in [3.8, 4) is 0 Å². The van der Waals surface area contributed by atoms with Gasteiger partial charge in [-0.25, -0.2) is 0 Å². The average molecular weight is 292 g/mol. The van der Waals surface area contributed by atoms with Crippen LogP contribution in [0.15, 0.2) is 48.7 Å². The fourth-order valence-electron chi connectivity index (χ4n) is 2.87. The summed E-state index contributed by atoms with van der Waals surface area (Å²) in [4.78, 5) is 5.60. The maximum absolute atomic E-state index is 13.5. The molecular formula is C16H15F3N2. The lowest BCUT2D eigenvalue weighted by Gasteiger charge is -2.38. The first-order chi connectivity index (χ1) is 10.1. The third-order valence-electron chi connectivity index (χ3n) is 3.78. The molecule has 1 aliphatic heterocycles. The van der Waals surface area contributed by atoms with E-state index in [1.54, 1.807) is 48.7 Å². The van der Waals surface area contributed by atoms with Crippen LogP contribution in [-0.2, 0) is 13.0 Å². The van der Waals surface area contributed by atoms with Gasteiger partial charge in [0, 0.05) is 19.3 Å². The average Bonchev–Trinajstić information content (AvgIpc) is 2.47. The van der Waals surface area contributed by atoms with Crippen LogP contribution >= 0.6 is 0 Å². The number of halogens is 3. The summed E-state index contributed by atoms with van der Waals surface area (Å²) >= 11 is 0. The van der Waals surface area contributed by atoms with E-state index < -0.39 is 12.2 Å². The molecule has 0 fully saturated rings. The minimum atomic E-state index is -4.29. The fourth-order valence-corrected chi connectivity index (χ4v) is 2.87. The van der Waals surface area contributed by atoms with Gasteiger partial charge in [0.05, 0.1) is 5.69 Å². The Morgan fingerprint density at radius 3 is 2.57 bits per heavy atom. The van der Waals surface area contributed by atoms with Crippen LogP contribution in [0.4, 0.5) is 13.2 Å². The molecule has 0 radical (unpaired) electrons. The summed E-state index contributed by atoms with van der Waals surface area (Å²) in [5.41, 5.74) is 1.82. The number of fused-ring (bicyclic) bond motifs is 1. The van der Waals surface area contributed by atoms with Crippen molar-refractivity contribution in [2.24, 2.45) is 0 Å². The molecule has 0 aliphatic carbocycles. The molecule has 0 spiro atoms. The summed E-state index contributed by atoms with van der Waals surface area (Å²) in [6.07, 6.45) is -2.04. The van der Waals surface area contributed by atoms with Gasteiger partial charge in [0.1, 0.15) is 6.04 Å². The second kappa shape index (κ2) is 5.48. The Morgan fingerprint density at radius 2 is 1.86 bits per heavy atom. The summed E-state index contributed by atoms with van der Waals surface area (Å²) in [6, 6.07) is 10.6. The van der Waals surface area contributed by atoms with E-state index in [9.17, 15) is 13.2 Å². The van der Waals surface area contributed by atoms with Crippen molar-refractivity contribution < 1.29 is 13.2 Å². The summed E-state index contributed by atoms with van der Waals surface area (Å²) in [5.74, 6) is 0. The molecular weight excluding hydrogens is 277 g/mol. The van der Waals surface area contributed by atoms with Crippen LogP contribution in [0.2, 0.25) is 0 Å². The molecule has 21 heavy (non-hydrogen) atoms. The zero-order valence-corrected chi connectivity index (χ0v) is 11.3. The predicted octanol–water partition coefficient (Wildman–Crippen LogP) is 3.74. The van der Waals surface area contributed by atoms with Crippen LogP contribution < -0.4 is 0 Å². The van der Waals surface area contributed by atoms with E-state index in [2.05, 4.69) is 4.98 Å². The molecule has 3 rings (SSSR count). The number of rotatable bonds is 2. The summed E-state index contributed by atoms with van der Waals surface area (Å²) in [6.45, 7) is 0.594. The molecule has 0 bridgehead atoms. The monoisotopic (exact) mass is 292 g/mol. The van der Waals surface area contributed by atoms with E-state index >= 15 is 0 Å². The number of hydrogen-bond acceptors (Lipinski definition) is 2. The molecule has 5 heteroatoms. The quantitative estimate of drug-likeness (QED) is 0.838. The van der Waals surface area contributed by atoms with Gasteiger partial charge in [-0.2, -0.15) is 13.2 Å². The van der Waals surface area contributed by atoms with Gasteiger partial charge < -0.3 is 0 Å². The topological polar surface area (TPSA) is 16.1 Å². The summed E-state index contributed by atoms with van der Waals surface area (Å²) < 4.78 is 40.5. The maximum atomic E-state index is 13.5. The Hall–Kier alpha value is -1.88. The number of alkyl halides is 3. The van der Waals surface area contributed by atoms with Crippen molar-refractivity contribution in [3.63, 3.8) is 0 Å².